The minimum Gasteiger partial charge on any atom is -0.490 e. The lowest BCUT2D eigenvalue weighted by Gasteiger charge is -2.23. The van der Waals surface area contributed by atoms with Crippen LogP contribution in [0.15, 0.2) is 18.2 Å². The van der Waals surface area contributed by atoms with Gasteiger partial charge in [-0.3, -0.25) is 0 Å². The van der Waals surface area contributed by atoms with E-state index in [1.807, 2.05) is 6.07 Å². The Labute approximate surface area is 114 Å². The maximum absolute atomic E-state index is 11.1. The highest BCUT2D eigenvalue weighted by atomic mass is 127. The lowest BCUT2D eigenvalue weighted by atomic mass is 9.97. The highest BCUT2D eigenvalue weighted by Crippen LogP contribution is 2.27. The van der Waals surface area contributed by atoms with Crippen LogP contribution in [0.2, 0.25) is 0 Å². The highest BCUT2D eigenvalue weighted by Gasteiger charge is 2.18. The van der Waals surface area contributed by atoms with Crippen LogP contribution in [0, 0.1) is 3.57 Å². The average Bonchev–Trinajstić information content (AvgIpc) is 2.32. The Morgan fingerprint density at radius 2 is 2.00 bits per heavy atom. The number of aromatic carboxylic acids is 1. The molecule has 0 saturated heterocycles. The monoisotopic (exact) mass is 346 g/mol. The maximum Gasteiger partial charge on any atom is 0.339 e. The van der Waals surface area contributed by atoms with Gasteiger partial charge in [-0.25, -0.2) is 4.79 Å². The second-order valence-corrected chi connectivity index (χ2v) is 5.57. The summed E-state index contributed by atoms with van der Waals surface area (Å²) in [7, 11) is 0. The van der Waals surface area contributed by atoms with Gasteiger partial charge in [-0.2, -0.15) is 0 Å². The predicted octanol–water partition coefficient (Wildman–Crippen LogP) is 3.70. The zero-order valence-corrected chi connectivity index (χ0v) is 11.6. The van der Waals surface area contributed by atoms with Crippen LogP contribution < -0.4 is 4.74 Å². The molecule has 1 aliphatic rings. The molecule has 3 nitrogen and oxygen atoms in total. The first kappa shape index (κ1) is 12.7. The quantitative estimate of drug-likeness (QED) is 0.849. The Bertz CT molecular complexity index is 411. The van der Waals surface area contributed by atoms with Gasteiger partial charge < -0.3 is 9.84 Å². The molecule has 0 aliphatic heterocycles. The van der Waals surface area contributed by atoms with Gasteiger partial charge in [0, 0.05) is 3.57 Å². The van der Waals surface area contributed by atoms with E-state index < -0.39 is 5.97 Å². The van der Waals surface area contributed by atoms with Crippen molar-refractivity contribution in [3.05, 3.63) is 27.3 Å². The molecular weight excluding hydrogens is 331 g/mol. The third-order valence-electron chi connectivity index (χ3n) is 3.02. The summed E-state index contributed by atoms with van der Waals surface area (Å²) in [5.74, 6) is -0.417. The molecule has 0 heterocycles. The third kappa shape index (κ3) is 3.34. The molecule has 0 aromatic heterocycles. The van der Waals surface area contributed by atoms with Crippen molar-refractivity contribution in [1.82, 2.24) is 0 Å². The lowest BCUT2D eigenvalue weighted by molar-refractivity contribution is 0.0686. The zero-order chi connectivity index (χ0) is 12.3. The molecule has 0 atom stereocenters. The molecule has 92 valence electrons. The first-order valence-electron chi connectivity index (χ1n) is 5.86. The van der Waals surface area contributed by atoms with Crippen LogP contribution in [0.3, 0.4) is 0 Å². The second-order valence-electron chi connectivity index (χ2n) is 4.32. The van der Waals surface area contributed by atoms with E-state index in [1.54, 1.807) is 12.1 Å². The highest BCUT2D eigenvalue weighted by molar-refractivity contribution is 14.1. The molecule has 1 N–H and O–H groups in total. The van der Waals surface area contributed by atoms with Crippen LogP contribution in [0.1, 0.15) is 42.5 Å². The summed E-state index contributed by atoms with van der Waals surface area (Å²) < 4.78 is 6.73. The molecule has 1 aromatic carbocycles. The van der Waals surface area contributed by atoms with Crippen LogP contribution in [0.4, 0.5) is 0 Å². The summed E-state index contributed by atoms with van der Waals surface area (Å²) in [6.45, 7) is 0. The molecule has 1 aromatic rings. The Hall–Kier alpha value is -0.780. The van der Waals surface area contributed by atoms with E-state index in [4.69, 9.17) is 9.84 Å². The standard InChI is InChI=1S/C13H15IO3/c14-9-6-7-12(11(8-9)13(15)16)17-10-4-2-1-3-5-10/h6-8,10H,1-5H2,(H,15,16). The van der Waals surface area contributed by atoms with Gasteiger partial charge in [-0.05, 0) is 66.5 Å². The van der Waals surface area contributed by atoms with Gasteiger partial charge in [0.15, 0.2) is 0 Å². The maximum atomic E-state index is 11.1. The van der Waals surface area contributed by atoms with Crippen molar-refractivity contribution in [2.24, 2.45) is 0 Å². The Morgan fingerprint density at radius 1 is 1.29 bits per heavy atom. The summed E-state index contributed by atoms with van der Waals surface area (Å²) in [6, 6.07) is 5.30. The van der Waals surface area contributed by atoms with Crippen molar-refractivity contribution in [1.29, 1.82) is 0 Å². The fourth-order valence-corrected chi connectivity index (χ4v) is 2.63. The molecule has 1 aliphatic carbocycles. The molecule has 4 heteroatoms. The molecule has 0 amide bonds. The minimum absolute atomic E-state index is 0.182. The van der Waals surface area contributed by atoms with Gasteiger partial charge >= 0.3 is 5.97 Å². The molecular formula is C13H15IO3. The van der Waals surface area contributed by atoms with Crippen LogP contribution in [0.25, 0.3) is 0 Å². The molecule has 17 heavy (non-hydrogen) atoms. The van der Waals surface area contributed by atoms with Crippen molar-refractivity contribution < 1.29 is 14.6 Å². The minimum atomic E-state index is -0.922. The summed E-state index contributed by atoms with van der Waals surface area (Å²) in [4.78, 5) is 11.1. The summed E-state index contributed by atoms with van der Waals surface area (Å²) >= 11 is 2.11. The fraction of sp³-hybridized carbons (Fsp3) is 0.462. The van der Waals surface area contributed by atoms with Crippen molar-refractivity contribution in [3.63, 3.8) is 0 Å². The number of hydrogen-bond donors (Lipinski definition) is 1. The van der Waals surface area contributed by atoms with E-state index in [0.717, 1.165) is 16.4 Å². The van der Waals surface area contributed by atoms with Crippen molar-refractivity contribution in [2.45, 2.75) is 38.2 Å². The fourth-order valence-electron chi connectivity index (χ4n) is 2.13. The van der Waals surface area contributed by atoms with Crippen LogP contribution in [0.5, 0.6) is 5.75 Å². The van der Waals surface area contributed by atoms with E-state index in [1.165, 1.54) is 19.3 Å². The van der Waals surface area contributed by atoms with Crippen molar-refractivity contribution in [3.8, 4) is 5.75 Å². The predicted molar refractivity (Wildman–Crippen MR) is 73.6 cm³/mol. The molecule has 0 spiro atoms. The number of carboxylic acid groups (broad SMARTS) is 1. The lowest BCUT2D eigenvalue weighted by Crippen LogP contribution is -2.20. The number of ether oxygens (including phenoxy) is 1. The Kier molecular flexibility index (Phi) is 4.25. The van der Waals surface area contributed by atoms with E-state index in [2.05, 4.69) is 22.6 Å². The van der Waals surface area contributed by atoms with E-state index in [-0.39, 0.29) is 11.7 Å². The van der Waals surface area contributed by atoms with Crippen LogP contribution >= 0.6 is 22.6 Å². The van der Waals surface area contributed by atoms with Gasteiger partial charge in [0.2, 0.25) is 0 Å². The van der Waals surface area contributed by atoms with Crippen molar-refractivity contribution in [2.75, 3.05) is 0 Å². The third-order valence-corrected chi connectivity index (χ3v) is 3.69. The summed E-state index contributed by atoms with van der Waals surface area (Å²) in [5.41, 5.74) is 0.266. The zero-order valence-electron chi connectivity index (χ0n) is 9.49. The number of carbonyl (C=O) groups is 1. The van der Waals surface area contributed by atoms with Gasteiger partial charge in [0.25, 0.3) is 0 Å². The number of halogens is 1. The number of benzene rings is 1. The normalized spacial score (nSPS) is 16.8. The van der Waals surface area contributed by atoms with E-state index >= 15 is 0 Å². The Morgan fingerprint density at radius 3 is 2.65 bits per heavy atom. The summed E-state index contributed by atoms with van der Waals surface area (Å²) in [6.07, 6.45) is 5.87. The van der Waals surface area contributed by atoms with Gasteiger partial charge in [-0.1, -0.05) is 6.42 Å². The Balaban J connectivity index is 2.16. The summed E-state index contributed by atoms with van der Waals surface area (Å²) in [5, 5.41) is 9.14. The molecule has 1 saturated carbocycles. The van der Waals surface area contributed by atoms with E-state index in [9.17, 15) is 4.79 Å². The number of carboxylic acids is 1. The smallest absolute Gasteiger partial charge is 0.339 e. The van der Waals surface area contributed by atoms with Crippen LogP contribution in [-0.4, -0.2) is 17.2 Å². The van der Waals surface area contributed by atoms with Crippen LogP contribution in [-0.2, 0) is 0 Å². The first-order valence-corrected chi connectivity index (χ1v) is 6.94. The van der Waals surface area contributed by atoms with Gasteiger partial charge in [0.05, 0.1) is 6.10 Å². The molecule has 2 rings (SSSR count). The van der Waals surface area contributed by atoms with E-state index in [0.29, 0.717) is 5.75 Å². The first-order chi connectivity index (χ1) is 8.16. The molecule has 0 unspecified atom stereocenters. The van der Waals surface area contributed by atoms with Gasteiger partial charge in [-0.15, -0.1) is 0 Å². The molecule has 1 fully saturated rings. The SMILES string of the molecule is O=C(O)c1cc(I)ccc1OC1CCCCC1. The second kappa shape index (κ2) is 5.71. The number of rotatable bonds is 3. The molecule has 0 bridgehead atoms. The largest absolute Gasteiger partial charge is 0.490 e. The van der Waals surface area contributed by atoms with Crippen molar-refractivity contribution >= 4 is 28.6 Å². The average molecular weight is 346 g/mol. The van der Waals surface area contributed by atoms with Gasteiger partial charge in [0.1, 0.15) is 11.3 Å². The molecule has 0 radical (unpaired) electrons. The topological polar surface area (TPSA) is 46.5 Å². The number of hydrogen-bond acceptors (Lipinski definition) is 2.